The van der Waals surface area contributed by atoms with Crippen LogP contribution in [0.1, 0.15) is 39.5 Å². The van der Waals surface area contributed by atoms with Crippen LogP contribution in [0.4, 0.5) is 4.79 Å². The molecule has 3 rings (SSSR count). The number of Topliss-reactive ketones (excluding diaryl/α,β-unsaturated/α-hetero) is 1. The zero-order valence-corrected chi connectivity index (χ0v) is 15.4. The summed E-state index contributed by atoms with van der Waals surface area (Å²) in [6, 6.07) is 12.4. The molecular formula is C21H22N2O3. The van der Waals surface area contributed by atoms with E-state index in [9.17, 15) is 14.4 Å². The Labute approximate surface area is 153 Å². The number of nitrogens with one attached hydrogen (secondary N) is 1. The lowest BCUT2D eigenvalue weighted by atomic mass is 9.88. The van der Waals surface area contributed by atoms with Crippen molar-refractivity contribution in [2.24, 2.45) is 0 Å². The maximum absolute atomic E-state index is 13.0. The molecule has 5 nitrogen and oxygen atoms in total. The molecule has 2 aromatic rings. The molecule has 0 bridgehead atoms. The second-order valence-corrected chi connectivity index (χ2v) is 7.00. The highest BCUT2D eigenvalue weighted by Crippen LogP contribution is 2.31. The van der Waals surface area contributed by atoms with Crippen molar-refractivity contribution in [2.45, 2.75) is 33.2 Å². The summed E-state index contributed by atoms with van der Waals surface area (Å²) in [7, 11) is 0. The van der Waals surface area contributed by atoms with Crippen LogP contribution in [-0.4, -0.2) is 29.2 Å². The van der Waals surface area contributed by atoms with Gasteiger partial charge in [-0.2, -0.15) is 0 Å². The predicted octanol–water partition coefficient (Wildman–Crippen LogP) is 3.26. The molecule has 1 aliphatic heterocycles. The normalized spacial score (nSPS) is 19.6. The van der Waals surface area contributed by atoms with Gasteiger partial charge < -0.3 is 5.32 Å². The predicted molar refractivity (Wildman–Crippen MR) is 99.0 cm³/mol. The summed E-state index contributed by atoms with van der Waals surface area (Å²) >= 11 is 0. The number of hydrogen-bond acceptors (Lipinski definition) is 3. The van der Waals surface area contributed by atoms with Gasteiger partial charge >= 0.3 is 6.03 Å². The molecule has 1 atom stereocenters. The minimum atomic E-state index is -1.16. The van der Waals surface area contributed by atoms with Crippen molar-refractivity contribution < 1.29 is 14.4 Å². The summed E-state index contributed by atoms with van der Waals surface area (Å²) in [5, 5.41) is 2.75. The van der Waals surface area contributed by atoms with E-state index in [0.717, 1.165) is 27.2 Å². The average Bonchev–Trinajstić information content (AvgIpc) is 2.79. The summed E-state index contributed by atoms with van der Waals surface area (Å²) in [6.07, 6.45) is 0. The van der Waals surface area contributed by atoms with E-state index in [1.807, 2.05) is 57.2 Å². The minimum absolute atomic E-state index is 0.250. The Balaban J connectivity index is 1.88. The Kier molecular flexibility index (Phi) is 4.40. The second-order valence-electron chi connectivity index (χ2n) is 7.00. The van der Waals surface area contributed by atoms with Crippen molar-refractivity contribution in [3.05, 3.63) is 70.3 Å². The van der Waals surface area contributed by atoms with Gasteiger partial charge in [-0.3, -0.25) is 14.5 Å². The van der Waals surface area contributed by atoms with Crippen LogP contribution in [-0.2, 0) is 10.3 Å². The average molecular weight is 350 g/mol. The van der Waals surface area contributed by atoms with Crippen LogP contribution in [0, 0.1) is 20.8 Å². The first kappa shape index (κ1) is 17.9. The summed E-state index contributed by atoms with van der Waals surface area (Å²) in [4.78, 5) is 39.1. The number of imide groups is 1. The molecular weight excluding hydrogens is 328 g/mol. The quantitative estimate of drug-likeness (QED) is 0.680. The zero-order valence-electron chi connectivity index (χ0n) is 15.4. The van der Waals surface area contributed by atoms with Crippen LogP contribution >= 0.6 is 0 Å². The van der Waals surface area contributed by atoms with Crippen LogP contribution in [0.5, 0.6) is 0 Å². The fourth-order valence-corrected chi connectivity index (χ4v) is 3.51. The molecule has 2 aromatic carbocycles. The Morgan fingerprint density at radius 3 is 2.38 bits per heavy atom. The number of urea groups is 1. The molecule has 1 unspecified atom stereocenters. The van der Waals surface area contributed by atoms with Gasteiger partial charge in [0.25, 0.3) is 5.91 Å². The first-order chi connectivity index (χ1) is 12.2. The molecule has 1 fully saturated rings. The van der Waals surface area contributed by atoms with Gasteiger partial charge in [0.15, 0.2) is 5.78 Å². The number of nitrogens with zero attached hydrogens (tertiary/aromatic N) is 1. The number of hydrogen-bond donors (Lipinski definition) is 1. The smallest absolute Gasteiger partial charge is 0.319 e. The third kappa shape index (κ3) is 2.90. The second kappa shape index (κ2) is 6.41. The molecule has 0 saturated carbocycles. The highest BCUT2D eigenvalue weighted by Gasteiger charge is 2.50. The number of amides is 3. The lowest BCUT2D eigenvalue weighted by molar-refractivity contribution is -0.130. The van der Waals surface area contributed by atoms with Gasteiger partial charge in [-0.1, -0.05) is 48.0 Å². The Bertz CT molecular complexity index is 919. The fourth-order valence-electron chi connectivity index (χ4n) is 3.51. The standard InChI is InChI=1S/C21H22N2O3/c1-13-9-10-16(15(3)11-13)18(24)12-23-19(25)21(4,22-20(23)26)17-8-6-5-7-14(17)2/h5-11H,12H2,1-4H3,(H,22,26). The van der Waals surface area contributed by atoms with Crippen LogP contribution < -0.4 is 5.32 Å². The third-order valence-corrected chi connectivity index (χ3v) is 4.94. The third-order valence-electron chi connectivity index (χ3n) is 4.94. The van der Waals surface area contributed by atoms with E-state index in [4.69, 9.17) is 0 Å². The molecule has 1 N–H and O–H groups in total. The van der Waals surface area contributed by atoms with E-state index in [-0.39, 0.29) is 12.3 Å². The fraction of sp³-hybridized carbons (Fsp3) is 0.286. The van der Waals surface area contributed by atoms with Crippen molar-refractivity contribution in [3.63, 3.8) is 0 Å². The molecule has 0 aliphatic carbocycles. The van der Waals surface area contributed by atoms with Gasteiger partial charge in [0, 0.05) is 5.56 Å². The van der Waals surface area contributed by atoms with E-state index in [1.165, 1.54) is 0 Å². The summed E-state index contributed by atoms with van der Waals surface area (Å²) < 4.78 is 0. The van der Waals surface area contributed by atoms with Crippen LogP contribution in [0.15, 0.2) is 42.5 Å². The van der Waals surface area contributed by atoms with Crippen LogP contribution in [0.2, 0.25) is 0 Å². The summed E-state index contributed by atoms with van der Waals surface area (Å²) in [5.41, 5.74) is 2.90. The van der Waals surface area contributed by atoms with E-state index in [1.54, 1.807) is 13.0 Å². The lowest BCUT2D eigenvalue weighted by Gasteiger charge is -2.24. The monoisotopic (exact) mass is 350 g/mol. The molecule has 0 aromatic heterocycles. The highest BCUT2D eigenvalue weighted by molar-refractivity contribution is 6.11. The zero-order chi connectivity index (χ0) is 19.1. The largest absolute Gasteiger partial charge is 0.325 e. The van der Waals surface area contributed by atoms with Crippen LogP contribution in [0.25, 0.3) is 0 Å². The molecule has 0 radical (unpaired) electrons. The van der Waals surface area contributed by atoms with Crippen LogP contribution in [0.3, 0.4) is 0 Å². The maximum Gasteiger partial charge on any atom is 0.325 e. The van der Waals surface area contributed by atoms with Crippen molar-refractivity contribution >= 4 is 17.7 Å². The van der Waals surface area contributed by atoms with Gasteiger partial charge in [0.1, 0.15) is 5.54 Å². The van der Waals surface area contributed by atoms with E-state index in [2.05, 4.69) is 5.32 Å². The van der Waals surface area contributed by atoms with Crippen molar-refractivity contribution in [1.29, 1.82) is 0 Å². The molecule has 1 aliphatic rings. The highest BCUT2D eigenvalue weighted by atomic mass is 16.2. The number of carbonyl (C=O) groups excluding carboxylic acids is 3. The van der Waals surface area contributed by atoms with Gasteiger partial charge in [0.05, 0.1) is 6.54 Å². The van der Waals surface area contributed by atoms with Crippen molar-refractivity contribution in [1.82, 2.24) is 10.2 Å². The Morgan fingerprint density at radius 1 is 1.04 bits per heavy atom. The van der Waals surface area contributed by atoms with Gasteiger partial charge in [-0.15, -0.1) is 0 Å². The number of ketones is 1. The first-order valence-corrected chi connectivity index (χ1v) is 8.54. The number of rotatable bonds is 4. The maximum atomic E-state index is 13.0. The van der Waals surface area contributed by atoms with E-state index < -0.39 is 17.5 Å². The van der Waals surface area contributed by atoms with Crippen molar-refractivity contribution in [3.8, 4) is 0 Å². The SMILES string of the molecule is Cc1ccc(C(=O)CN2C(=O)NC(C)(c3ccccc3C)C2=O)c(C)c1. The Hall–Kier alpha value is -2.95. The molecule has 1 saturated heterocycles. The Morgan fingerprint density at radius 2 is 1.73 bits per heavy atom. The minimum Gasteiger partial charge on any atom is -0.319 e. The number of carbonyl (C=O) groups is 3. The lowest BCUT2D eigenvalue weighted by Crippen LogP contribution is -2.42. The molecule has 26 heavy (non-hydrogen) atoms. The van der Waals surface area contributed by atoms with Gasteiger partial charge in [-0.25, -0.2) is 4.79 Å². The first-order valence-electron chi connectivity index (χ1n) is 8.54. The van der Waals surface area contributed by atoms with E-state index in [0.29, 0.717) is 5.56 Å². The molecule has 3 amide bonds. The molecule has 0 spiro atoms. The van der Waals surface area contributed by atoms with E-state index >= 15 is 0 Å². The number of benzene rings is 2. The van der Waals surface area contributed by atoms with Gasteiger partial charge in [0.2, 0.25) is 0 Å². The number of aryl methyl sites for hydroxylation is 3. The van der Waals surface area contributed by atoms with Crippen molar-refractivity contribution in [2.75, 3.05) is 6.54 Å². The topological polar surface area (TPSA) is 66.5 Å². The summed E-state index contributed by atoms with van der Waals surface area (Å²) in [6.45, 7) is 7.10. The summed E-state index contributed by atoms with van der Waals surface area (Å²) in [5.74, 6) is -0.657. The molecule has 5 heteroatoms. The van der Waals surface area contributed by atoms with Gasteiger partial charge in [-0.05, 0) is 44.4 Å². The molecule has 134 valence electrons. The molecule has 1 heterocycles.